The number of nitrogens with zero attached hydrogens (tertiary/aromatic N) is 3. The van der Waals surface area contributed by atoms with Gasteiger partial charge in [0.2, 0.25) is 5.91 Å². The van der Waals surface area contributed by atoms with E-state index in [0.29, 0.717) is 26.2 Å². The van der Waals surface area contributed by atoms with Gasteiger partial charge in [0.25, 0.3) is 0 Å². The van der Waals surface area contributed by atoms with Crippen molar-refractivity contribution in [2.24, 2.45) is 5.92 Å². The zero-order valence-electron chi connectivity index (χ0n) is 11.9. The molecule has 0 saturated carbocycles. The number of piperazine rings is 1. The van der Waals surface area contributed by atoms with Gasteiger partial charge < -0.3 is 20.0 Å². The maximum absolute atomic E-state index is 12.2. The van der Waals surface area contributed by atoms with Crippen LogP contribution in [-0.4, -0.2) is 79.0 Å². The predicted molar refractivity (Wildman–Crippen MR) is 72.8 cm³/mol. The highest BCUT2D eigenvalue weighted by Gasteiger charge is 2.32. The standard InChI is InChI=1S/C13H24N4O2/c1-3-15(4-2)13(19)17-7-5-16(6-8-17)12(18)11-9-14-10-11/h11,14H,3-10H2,1-2H3. The van der Waals surface area contributed by atoms with Crippen LogP contribution in [0.1, 0.15) is 13.8 Å². The van der Waals surface area contributed by atoms with Crippen LogP contribution in [0.2, 0.25) is 0 Å². The third-order valence-corrected chi connectivity index (χ3v) is 4.03. The predicted octanol–water partition coefficient (Wildman–Crippen LogP) is -0.188. The molecule has 0 radical (unpaired) electrons. The van der Waals surface area contributed by atoms with Gasteiger partial charge in [-0.15, -0.1) is 0 Å². The number of nitrogens with one attached hydrogen (secondary N) is 1. The maximum atomic E-state index is 12.2. The molecule has 0 unspecified atom stereocenters. The van der Waals surface area contributed by atoms with Gasteiger partial charge in [-0.2, -0.15) is 0 Å². The van der Waals surface area contributed by atoms with Crippen molar-refractivity contribution in [3.8, 4) is 0 Å². The molecule has 0 bridgehead atoms. The Labute approximate surface area is 114 Å². The largest absolute Gasteiger partial charge is 0.339 e. The highest BCUT2D eigenvalue weighted by atomic mass is 16.2. The minimum absolute atomic E-state index is 0.0995. The normalized spacial score (nSPS) is 20.1. The minimum atomic E-state index is 0.0995. The number of hydrogen-bond acceptors (Lipinski definition) is 3. The van der Waals surface area contributed by atoms with E-state index in [1.165, 1.54) is 0 Å². The van der Waals surface area contributed by atoms with Crippen LogP contribution in [0.25, 0.3) is 0 Å². The lowest BCUT2D eigenvalue weighted by Gasteiger charge is -2.39. The van der Waals surface area contributed by atoms with Crippen LogP contribution in [0.4, 0.5) is 4.79 Å². The second kappa shape index (κ2) is 6.23. The van der Waals surface area contributed by atoms with E-state index in [1.54, 1.807) is 0 Å². The summed E-state index contributed by atoms with van der Waals surface area (Å²) in [7, 11) is 0. The average Bonchev–Trinajstić information content (AvgIpc) is 2.38. The zero-order valence-corrected chi connectivity index (χ0v) is 11.9. The molecule has 0 aromatic heterocycles. The number of urea groups is 1. The molecule has 1 N–H and O–H groups in total. The quantitative estimate of drug-likeness (QED) is 0.772. The summed E-state index contributed by atoms with van der Waals surface area (Å²) in [6, 6.07) is 0.0995. The van der Waals surface area contributed by atoms with E-state index in [9.17, 15) is 9.59 Å². The monoisotopic (exact) mass is 268 g/mol. The molecule has 2 aliphatic heterocycles. The van der Waals surface area contributed by atoms with Gasteiger partial charge in [0.05, 0.1) is 5.92 Å². The van der Waals surface area contributed by atoms with E-state index in [2.05, 4.69) is 5.32 Å². The third kappa shape index (κ3) is 3.00. The van der Waals surface area contributed by atoms with Crippen molar-refractivity contribution in [2.75, 3.05) is 52.4 Å². The van der Waals surface area contributed by atoms with E-state index in [0.717, 1.165) is 26.2 Å². The molecule has 0 spiro atoms. The lowest BCUT2D eigenvalue weighted by atomic mass is 10.0. The van der Waals surface area contributed by atoms with Crippen LogP contribution in [0.15, 0.2) is 0 Å². The summed E-state index contributed by atoms with van der Waals surface area (Å²) in [6.07, 6.45) is 0. The summed E-state index contributed by atoms with van der Waals surface area (Å²) < 4.78 is 0. The molecule has 6 heteroatoms. The first-order valence-electron chi connectivity index (χ1n) is 7.20. The number of hydrogen-bond donors (Lipinski definition) is 1. The second-order valence-electron chi connectivity index (χ2n) is 5.12. The van der Waals surface area contributed by atoms with Crippen molar-refractivity contribution in [2.45, 2.75) is 13.8 Å². The Bertz CT molecular complexity index is 332. The van der Waals surface area contributed by atoms with Crippen LogP contribution in [0.5, 0.6) is 0 Å². The SMILES string of the molecule is CCN(CC)C(=O)N1CCN(C(=O)C2CNC2)CC1. The van der Waals surface area contributed by atoms with Crippen molar-refractivity contribution >= 4 is 11.9 Å². The summed E-state index contributed by atoms with van der Waals surface area (Å²) in [6.45, 7) is 9.71. The fourth-order valence-electron chi connectivity index (χ4n) is 2.53. The van der Waals surface area contributed by atoms with Gasteiger partial charge in [-0.25, -0.2) is 4.79 Å². The molecular formula is C13H24N4O2. The fourth-order valence-corrected chi connectivity index (χ4v) is 2.53. The Hall–Kier alpha value is -1.30. The highest BCUT2D eigenvalue weighted by molar-refractivity contribution is 5.81. The van der Waals surface area contributed by atoms with Crippen molar-refractivity contribution in [3.05, 3.63) is 0 Å². The van der Waals surface area contributed by atoms with Crippen molar-refractivity contribution < 1.29 is 9.59 Å². The molecule has 2 saturated heterocycles. The number of carbonyl (C=O) groups excluding carboxylic acids is 2. The first-order valence-corrected chi connectivity index (χ1v) is 7.20. The van der Waals surface area contributed by atoms with E-state index < -0.39 is 0 Å². The van der Waals surface area contributed by atoms with Gasteiger partial charge in [-0.3, -0.25) is 4.79 Å². The van der Waals surface area contributed by atoms with Gasteiger partial charge >= 0.3 is 6.03 Å². The average molecular weight is 268 g/mol. The summed E-state index contributed by atoms with van der Waals surface area (Å²) >= 11 is 0. The Morgan fingerprint density at radius 2 is 1.58 bits per heavy atom. The van der Waals surface area contributed by atoms with Crippen LogP contribution in [-0.2, 0) is 4.79 Å². The summed E-state index contributed by atoms with van der Waals surface area (Å²) in [5.41, 5.74) is 0. The van der Waals surface area contributed by atoms with Gasteiger partial charge in [-0.05, 0) is 13.8 Å². The van der Waals surface area contributed by atoms with Gasteiger partial charge in [0, 0.05) is 52.4 Å². The summed E-state index contributed by atoms with van der Waals surface area (Å²) in [4.78, 5) is 29.8. The molecule has 2 heterocycles. The van der Waals surface area contributed by atoms with Crippen molar-refractivity contribution in [1.29, 1.82) is 0 Å². The molecule has 0 aromatic carbocycles. The molecule has 0 aromatic rings. The Morgan fingerprint density at radius 3 is 2.00 bits per heavy atom. The van der Waals surface area contributed by atoms with E-state index >= 15 is 0 Å². The number of amides is 3. The summed E-state index contributed by atoms with van der Waals surface area (Å²) in [5, 5.41) is 3.12. The Balaban J connectivity index is 1.81. The fraction of sp³-hybridized carbons (Fsp3) is 0.846. The molecule has 3 amide bonds. The van der Waals surface area contributed by atoms with Gasteiger partial charge in [0.15, 0.2) is 0 Å². The first-order chi connectivity index (χ1) is 9.17. The van der Waals surface area contributed by atoms with Crippen LogP contribution >= 0.6 is 0 Å². The molecule has 108 valence electrons. The zero-order chi connectivity index (χ0) is 13.8. The van der Waals surface area contributed by atoms with Gasteiger partial charge in [0.1, 0.15) is 0 Å². The van der Waals surface area contributed by atoms with Crippen molar-refractivity contribution in [3.63, 3.8) is 0 Å². The van der Waals surface area contributed by atoms with Crippen LogP contribution in [0.3, 0.4) is 0 Å². The summed E-state index contributed by atoms with van der Waals surface area (Å²) in [5.74, 6) is 0.402. The number of rotatable bonds is 3. The molecule has 0 aliphatic carbocycles. The number of carbonyl (C=O) groups is 2. The molecule has 2 rings (SSSR count). The third-order valence-electron chi connectivity index (χ3n) is 4.03. The molecule has 2 aliphatic rings. The van der Waals surface area contributed by atoms with E-state index in [1.807, 2.05) is 28.5 Å². The first kappa shape index (κ1) is 14.1. The molecule has 6 nitrogen and oxygen atoms in total. The molecular weight excluding hydrogens is 244 g/mol. The minimum Gasteiger partial charge on any atom is -0.339 e. The highest BCUT2D eigenvalue weighted by Crippen LogP contribution is 2.12. The topological polar surface area (TPSA) is 55.9 Å². The van der Waals surface area contributed by atoms with Crippen LogP contribution < -0.4 is 5.32 Å². The van der Waals surface area contributed by atoms with E-state index in [-0.39, 0.29) is 17.9 Å². The Morgan fingerprint density at radius 1 is 1.05 bits per heavy atom. The van der Waals surface area contributed by atoms with Crippen molar-refractivity contribution in [1.82, 2.24) is 20.0 Å². The molecule has 19 heavy (non-hydrogen) atoms. The maximum Gasteiger partial charge on any atom is 0.320 e. The molecule has 2 fully saturated rings. The van der Waals surface area contributed by atoms with Crippen LogP contribution in [0, 0.1) is 5.92 Å². The van der Waals surface area contributed by atoms with E-state index in [4.69, 9.17) is 0 Å². The smallest absolute Gasteiger partial charge is 0.320 e. The lowest BCUT2D eigenvalue weighted by Crippen LogP contribution is -2.58. The second-order valence-corrected chi connectivity index (χ2v) is 5.12. The lowest BCUT2D eigenvalue weighted by molar-refractivity contribution is -0.138. The van der Waals surface area contributed by atoms with Gasteiger partial charge in [-0.1, -0.05) is 0 Å². The molecule has 0 atom stereocenters. The Kier molecular flexibility index (Phi) is 4.63.